The molecule has 1 amide bonds. The van der Waals surface area contributed by atoms with Gasteiger partial charge in [-0.1, -0.05) is 6.92 Å². The summed E-state index contributed by atoms with van der Waals surface area (Å²) >= 11 is 0. The van der Waals surface area contributed by atoms with Gasteiger partial charge in [-0.2, -0.15) is 0 Å². The molecule has 3 heteroatoms. The molecule has 1 aliphatic carbocycles. The number of likely N-dealkylation sites (tertiary alicyclic amines) is 1. The molecule has 18 heavy (non-hydrogen) atoms. The first-order valence-electron chi connectivity index (χ1n) is 7.23. The van der Waals surface area contributed by atoms with E-state index in [1.54, 1.807) is 7.11 Å². The van der Waals surface area contributed by atoms with E-state index in [4.69, 9.17) is 4.74 Å². The lowest BCUT2D eigenvalue weighted by molar-refractivity contribution is -0.132. The molecule has 1 saturated heterocycles. The summed E-state index contributed by atoms with van der Waals surface area (Å²) in [5, 5.41) is 0. The van der Waals surface area contributed by atoms with E-state index in [1.807, 2.05) is 4.90 Å². The predicted molar refractivity (Wildman–Crippen MR) is 72.1 cm³/mol. The molecule has 0 saturated carbocycles. The van der Waals surface area contributed by atoms with Crippen LogP contribution in [0.25, 0.3) is 0 Å². The Labute approximate surface area is 110 Å². The Morgan fingerprint density at radius 2 is 2.11 bits per heavy atom. The Morgan fingerprint density at radius 3 is 2.83 bits per heavy atom. The van der Waals surface area contributed by atoms with Gasteiger partial charge < -0.3 is 9.64 Å². The highest BCUT2D eigenvalue weighted by molar-refractivity contribution is 5.79. The first-order chi connectivity index (χ1) is 8.70. The van der Waals surface area contributed by atoms with Crippen molar-refractivity contribution in [3.63, 3.8) is 0 Å². The maximum atomic E-state index is 12.3. The van der Waals surface area contributed by atoms with Gasteiger partial charge in [0.2, 0.25) is 5.91 Å². The first kappa shape index (κ1) is 13.4. The van der Waals surface area contributed by atoms with Gasteiger partial charge >= 0.3 is 0 Å². The molecule has 0 spiro atoms. The summed E-state index contributed by atoms with van der Waals surface area (Å²) in [5.74, 6) is 2.03. The van der Waals surface area contributed by atoms with Gasteiger partial charge in [-0.05, 0) is 43.6 Å². The summed E-state index contributed by atoms with van der Waals surface area (Å²) in [6, 6.07) is 0. The van der Waals surface area contributed by atoms with E-state index in [0.29, 0.717) is 18.2 Å². The molecule has 1 fully saturated rings. The van der Waals surface area contributed by atoms with Crippen molar-refractivity contribution in [1.82, 2.24) is 4.90 Å². The number of allylic oxidation sites excluding steroid dienone is 1. The standard InChI is InChI=1S/C15H25NO2/c1-12-6-5-9-16(11-12)15(17)10-13-7-3-4-8-14(13)18-2/h12H,3-11H2,1-2H3. The molecular formula is C15H25NO2. The van der Waals surface area contributed by atoms with Crippen LogP contribution in [0.2, 0.25) is 0 Å². The van der Waals surface area contributed by atoms with Crippen molar-refractivity contribution in [2.24, 2.45) is 5.92 Å². The summed E-state index contributed by atoms with van der Waals surface area (Å²) in [4.78, 5) is 14.4. The maximum Gasteiger partial charge on any atom is 0.226 e. The van der Waals surface area contributed by atoms with Gasteiger partial charge in [0.1, 0.15) is 0 Å². The maximum absolute atomic E-state index is 12.3. The lowest BCUT2D eigenvalue weighted by atomic mass is 9.94. The second kappa shape index (κ2) is 6.26. The number of methoxy groups -OCH3 is 1. The zero-order chi connectivity index (χ0) is 13.0. The number of carbonyl (C=O) groups excluding carboxylic acids is 1. The average molecular weight is 251 g/mol. The van der Waals surface area contributed by atoms with Crippen molar-refractivity contribution in [2.45, 2.75) is 51.9 Å². The highest BCUT2D eigenvalue weighted by Gasteiger charge is 2.23. The van der Waals surface area contributed by atoms with E-state index < -0.39 is 0 Å². The topological polar surface area (TPSA) is 29.5 Å². The Balaban J connectivity index is 1.95. The minimum atomic E-state index is 0.299. The Bertz CT molecular complexity index is 335. The predicted octanol–water partition coefficient (Wildman–Crippen LogP) is 3.11. The molecule has 2 rings (SSSR count). The number of carbonyl (C=O) groups is 1. The number of hydrogen-bond acceptors (Lipinski definition) is 2. The van der Waals surface area contributed by atoms with Crippen molar-refractivity contribution in [1.29, 1.82) is 0 Å². The van der Waals surface area contributed by atoms with Gasteiger partial charge in [-0.3, -0.25) is 4.79 Å². The van der Waals surface area contributed by atoms with Gasteiger partial charge in [0.05, 0.1) is 19.3 Å². The minimum Gasteiger partial charge on any atom is -0.501 e. The van der Waals surface area contributed by atoms with Crippen LogP contribution in [0, 0.1) is 5.92 Å². The fraction of sp³-hybridized carbons (Fsp3) is 0.800. The molecule has 0 aromatic carbocycles. The zero-order valence-electron chi connectivity index (χ0n) is 11.7. The van der Waals surface area contributed by atoms with E-state index in [2.05, 4.69) is 6.92 Å². The number of hydrogen-bond donors (Lipinski definition) is 0. The fourth-order valence-corrected chi connectivity index (χ4v) is 3.08. The van der Waals surface area contributed by atoms with Crippen molar-refractivity contribution >= 4 is 5.91 Å². The van der Waals surface area contributed by atoms with Crippen LogP contribution in [0.4, 0.5) is 0 Å². The zero-order valence-corrected chi connectivity index (χ0v) is 11.7. The third-order valence-electron chi connectivity index (χ3n) is 4.15. The van der Waals surface area contributed by atoms with E-state index in [1.165, 1.54) is 24.8 Å². The van der Waals surface area contributed by atoms with Crippen LogP contribution in [0.3, 0.4) is 0 Å². The normalized spacial score (nSPS) is 25.2. The number of piperidine rings is 1. The highest BCUT2D eigenvalue weighted by atomic mass is 16.5. The average Bonchev–Trinajstić information content (AvgIpc) is 2.39. The van der Waals surface area contributed by atoms with Gasteiger partial charge in [-0.25, -0.2) is 0 Å². The van der Waals surface area contributed by atoms with Crippen LogP contribution < -0.4 is 0 Å². The number of ether oxygens (including phenoxy) is 1. The van der Waals surface area contributed by atoms with Crippen molar-refractivity contribution in [3.8, 4) is 0 Å². The third kappa shape index (κ3) is 3.27. The molecule has 1 unspecified atom stereocenters. The van der Waals surface area contributed by atoms with E-state index >= 15 is 0 Å². The molecule has 1 aliphatic heterocycles. The van der Waals surface area contributed by atoms with Crippen LogP contribution in [-0.2, 0) is 9.53 Å². The number of nitrogens with zero attached hydrogens (tertiary/aromatic N) is 1. The van der Waals surface area contributed by atoms with Gasteiger partial charge in [0, 0.05) is 19.5 Å². The lowest BCUT2D eigenvalue weighted by Gasteiger charge is -2.31. The van der Waals surface area contributed by atoms with Gasteiger partial charge in [0.15, 0.2) is 0 Å². The molecule has 0 N–H and O–H groups in total. The van der Waals surface area contributed by atoms with Crippen LogP contribution >= 0.6 is 0 Å². The van der Waals surface area contributed by atoms with Gasteiger partial charge in [0.25, 0.3) is 0 Å². The molecule has 0 aromatic heterocycles. The summed E-state index contributed by atoms with van der Waals surface area (Å²) in [6.45, 7) is 4.12. The van der Waals surface area contributed by atoms with E-state index in [-0.39, 0.29) is 0 Å². The van der Waals surface area contributed by atoms with Crippen LogP contribution in [-0.4, -0.2) is 31.0 Å². The molecule has 0 aromatic rings. The van der Waals surface area contributed by atoms with Crippen LogP contribution in [0.15, 0.2) is 11.3 Å². The molecule has 1 heterocycles. The molecule has 0 bridgehead atoms. The highest BCUT2D eigenvalue weighted by Crippen LogP contribution is 2.28. The minimum absolute atomic E-state index is 0.299. The summed E-state index contributed by atoms with van der Waals surface area (Å²) in [7, 11) is 1.73. The second-order valence-corrected chi connectivity index (χ2v) is 5.70. The number of rotatable bonds is 3. The second-order valence-electron chi connectivity index (χ2n) is 5.70. The molecular weight excluding hydrogens is 226 g/mol. The quantitative estimate of drug-likeness (QED) is 0.771. The SMILES string of the molecule is COC1=C(CC(=O)N2CCCC(C)C2)CCCC1. The molecule has 0 radical (unpaired) electrons. The Kier molecular flexibility index (Phi) is 4.67. The van der Waals surface area contributed by atoms with Crippen molar-refractivity contribution in [3.05, 3.63) is 11.3 Å². The molecule has 2 aliphatic rings. The molecule has 3 nitrogen and oxygen atoms in total. The summed E-state index contributed by atoms with van der Waals surface area (Å²) in [5.41, 5.74) is 1.24. The van der Waals surface area contributed by atoms with E-state index in [0.717, 1.165) is 38.1 Å². The molecule has 1 atom stereocenters. The Hall–Kier alpha value is -0.990. The largest absolute Gasteiger partial charge is 0.501 e. The van der Waals surface area contributed by atoms with Crippen molar-refractivity contribution in [2.75, 3.05) is 20.2 Å². The summed E-state index contributed by atoms with van der Waals surface area (Å²) < 4.78 is 5.42. The Morgan fingerprint density at radius 1 is 1.33 bits per heavy atom. The van der Waals surface area contributed by atoms with Crippen LogP contribution in [0.1, 0.15) is 51.9 Å². The van der Waals surface area contributed by atoms with Crippen LogP contribution in [0.5, 0.6) is 0 Å². The summed E-state index contributed by atoms with van der Waals surface area (Å²) in [6.07, 6.45) is 7.44. The monoisotopic (exact) mass is 251 g/mol. The lowest BCUT2D eigenvalue weighted by Crippen LogP contribution is -2.39. The third-order valence-corrected chi connectivity index (χ3v) is 4.15. The first-order valence-corrected chi connectivity index (χ1v) is 7.23. The van der Waals surface area contributed by atoms with Gasteiger partial charge in [-0.15, -0.1) is 0 Å². The van der Waals surface area contributed by atoms with Crippen molar-refractivity contribution < 1.29 is 9.53 Å². The fourth-order valence-electron chi connectivity index (χ4n) is 3.08. The van der Waals surface area contributed by atoms with E-state index in [9.17, 15) is 4.79 Å². The smallest absolute Gasteiger partial charge is 0.226 e. The number of amides is 1. The molecule has 102 valence electrons.